The highest BCUT2D eigenvalue weighted by atomic mass is 19.1. The molecule has 0 spiro atoms. The number of anilines is 1. The van der Waals surface area contributed by atoms with E-state index in [1.165, 1.54) is 16.7 Å². The van der Waals surface area contributed by atoms with E-state index < -0.39 is 23.7 Å². The van der Waals surface area contributed by atoms with Gasteiger partial charge in [-0.2, -0.15) is 0 Å². The van der Waals surface area contributed by atoms with E-state index in [0.29, 0.717) is 16.9 Å². The molecule has 3 aromatic rings. The van der Waals surface area contributed by atoms with Gasteiger partial charge in [0.15, 0.2) is 0 Å². The van der Waals surface area contributed by atoms with Crippen molar-refractivity contribution in [2.45, 2.75) is 6.92 Å². The second kappa shape index (κ2) is 7.20. The van der Waals surface area contributed by atoms with E-state index in [9.17, 15) is 18.8 Å². The molecule has 1 N–H and O–H groups in total. The first-order valence-corrected chi connectivity index (χ1v) is 8.86. The van der Waals surface area contributed by atoms with Crippen LogP contribution in [-0.4, -0.2) is 22.4 Å². The standard InChI is InChI=1S/C22H16FN3O3/c1-14-7-2-4-10-18(14)26-21(28)16(20(27)24-22(26)29)13-15-8-6-12-25(15)19-11-5-3-9-17(19)23/h2-13H,1H3,(H,24,27,29)/b16-13+. The van der Waals surface area contributed by atoms with Crippen LogP contribution in [0.5, 0.6) is 0 Å². The fourth-order valence-electron chi connectivity index (χ4n) is 3.22. The zero-order valence-electron chi connectivity index (χ0n) is 15.4. The largest absolute Gasteiger partial charge is 0.335 e. The van der Waals surface area contributed by atoms with Gasteiger partial charge in [-0.25, -0.2) is 14.1 Å². The molecule has 1 aliphatic heterocycles. The zero-order chi connectivity index (χ0) is 20.5. The van der Waals surface area contributed by atoms with Crippen LogP contribution in [0.3, 0.4) is 0 Å². The Morgan fingerprint density at radius 3 is 2.31 bits per heavy atom. The molecule has 1 aliphatic rings. The Morgan fingerprint density at radius 1 is 0.897 bits per heavy atom. The average molecular weight is 389 g/mol. The van der Waals surface area contributed by atoms with Gasteiger partial charge >= 0.3 is 6.03 Å². The van der Waals surface area contributed by atoms with Gasteiger partial charge in [0.05, 0.1) is 11.4 Å². The van der Waals surface area contributed by atoms with Crippen LogP contribution in [0.4, 0.5) is 14.9 Å². The number of barbiturate groups is 1. The summed E-state index contributed by atoms with van der Waals surface area (Å²) in [6, 6.07) is 15.6. The first kappa shape index (κ1) is 18.4. The number of carbonyl (C=O) groups is 3. The minimum absolute atomic E-state index is 0.218. The molecule has 144 valence electrons. The lowest BCUT2D eigenvalue weighted by molar-refractivity contribution is -0.122. The van der Waals surface area contributed by atoms with Crippen molar-refractivity contribution >= 4 is 29.6 Å². The van der Waals surface area contributed by atoms with Gasteiger partial charge in [-0.05, 0) is 48.9 Å². The van der Waals surface area contributed by atoms with Crippen molar-refractivity contribution < 1.29 is 18.8 Å². The van der Waals surface area contributed by atoms with Crippen LogP contribution in [0, 0.1) is 12.7 Å². The average Bonchev–Trinajstić information content (AvgIpc) is 3.15. The van der Waals surface area contributed by atoms with Crippen molar-refractivity contribution in [1.82, 2.24) is 9.88 Å². The van der Waals surface area contributed by atoms with Gasteiger partial charge in [0.1, 0.15) is 11.4 Å². The number of nitrogens with one attached hydrogen (secondary N) is 1. The number of para-hydroxylation sites is 2. The molecule has 7 heteroatoms. The molecule has 0 bridgehead atoms. The number of halogens is 1. The fourth-order valence-corrected chi connectivity index (χ4v) is 3.22. The molecule has 0 radical (unpaired) electrons. The summed E-state index contributed by atoms with van der Waals surface area (Å²) in [4.78, 5) is 38.7. The number of aromatic nitrogens is 1. The Labute approximate surface area is 165 Å². The summed E-state index contributed by atoms with van der Waals surface area (Å²) in [5.74, 6) is -1.99. The van der Waals surface area contributed by atoms with Crippen LogP contribution in [0.1, 0.15) is 11.3 Å². The lowest BCUT2D eigenvalue weighted by Gasteiger charge is -2.27. The minimum Gasteiger partial charge on any atom is -0.314 e. The van der Waals surface area contributed by atoms with Crippen molar-refractivity contribution in [1.29, 1.82) is 0 Å². The summed E-state index contributed by atoms with van der Waals surface area (Å²) in [5, 5.41) is 2.19. The van der Waals surface area contributed by atoms with Crippen LogP contribution < -0.4 is 10.2 Å². The Kier molecular flexibility index (Phi) is 4.56. The molecule has 6 nitrogen and oxygen atoms in total. The maximum atomic E-state index is 14.2. The van der Waals surface area contributed by atoms with Gasteiger partial charge in [0, 0.05) is 11.9 Å². The number of rotatable bonds is 3. The number of imide groups is 2. The Balaban J connectivity index is 1.79. The molecule has 1 aromatic heterocycles. The second-order valence-electron chi connectivity index (χ2n) is 6.50. The molecule has 0 saturated carbocycles. The molecule has 2 heterocycles. The zero-order valence-corrected chi connectivity index (χ0v) is 15.4. The van der Waals surface area contributed by atoms with Gasteiger partial charge < -0.3 is 4.57 Å². The van der Waals surface area contributed by atoms with Crippen molar-refractivity contribution in [3.8, 4) is 5.69 Å². The van der Waals surface area contributed by atoms with E-state index in [1.807, 2.05) is 0 Å². The van der Waals surface area contributed by atoms with E-state index in [2.05, 4.69) is 5.32 Å². The number of nitrogens with zero attached hydrogens (tertiary/aromatic N) is 2. The number of hydrogen-bond donors (Lipinski definition) is 1. The van der Waals surface area contributed by atoms with Gasteiger partial charge in [-0.3, -0.25) is 14.9 Å². The molecular formula is C22H16FN3O3. The summed E-state index contributed by atoms with van der Waals surface area (Å²) in [6.07, 6.45) is 2.97. The fraction of sp³-hybridized carbons (Fsp3) is 0.0455. The molecule has 2 aromatic carbocycles. The first-order chi connectivity index (χ1) is 14.0. The van der Waals surface area contributed by atoms with Gasteiger partial charge in [0.2, 0.25) is 0 Å². The van der Waals surface area contributed by atoms with Crippen LogP contribution in [0.15, 0.2) is 72.4 Å². The van der Waals surface area contributed by atoms with E-state index >= 15 is 0 Å². The van der Waals surface area contributed by atoms with Crippen LogP contribution in [0.25, 0.3) is 11.8 Å². The minimum atomic E-state index is -0.809. The first-order valence-electron chi connectivity index (χ1n) is 8.86. The summed E-state index contributed by atoms with van der Waals surface area (Å²) >= 11 is 0. The van der Waals surface area contributed by atoms with Gasteiger partial charge in [0.25, 0.3) is 11.8 Å². The maximum Gasteiger partial charge on any atom is 0.335 e. The molecule has 0 aliphatic carbocycles. The topological polar surface area (TPSA) is 71.4 Å². The second-order valence-corrected chi connectivity index (χ2v) is 6.50. The highest BCUT2D eigenvalue weighted by Crippen LogP contribution is 2.25. The van der Waals surface area contributed by atoms with Crippen molar-refractivity contribution in [2.24, 2.45) is 0 Å². The maximum absolute atomic E-state index is 14.2. The molecule has 0 unspecified atom stereocenters. The van der Waals surface area contributed by atoms with Crippen LogP contribution in [-0.2, 0) is 9.59 Å². The van der Waals surface area contributed by atoms with E-state index in [-0.39, 0.29) is 11.3 Å². The van der Waals surface area contributed by atoms with Crippen LogP contribution >= 0.6 is 0 Å². The van der Waals surface area contributed by atoms with Gasteiger partial charge in [-0.1, -0.05) is 30.3 Å². The Morgan fingerprint density at radius 2 is 1.59 bits per heavy atom. The van der Waals surface area contributed by atoms with Crippen LogP contribution in [0.2, 0.25) is 0 Å². The number of hydrogen-bond acceptors (Lipinski definition) is 3. The van der Waals surface area contributed by atoms with E-state index in [1.54, 1.807) is 67.7 Å². The highest BCUT2D eigenvalue weighted by Gasteiger charge is 2.37. The molecule has 1 saturated heterocycles. The molecule has 1 fully saturated rings. The predicted molar refractivity (Wildman–Crippen MR) is 106 cm³/mol. The predicted octanol–water partition coefficient (Wildman–Crippen LogP) is 3.59. The third kappa shape index (κ3) is 3.23. The Hall–Kier alpha value is -4.00. The molecule has 4 rings (SSSR count). The van der Waals surface area contributed by atoms with Crippen molar-refractivity contribution in [2.75, 3.05) is 4.90 Å². The number of aryl methyl sites for hydroxylation is 1. The summed E-state index contributed by atoms with van der Waals surface area (Å²) < 4.78 is 15.7. The monoisotopic (exact) mass is 389 g/mol. The summed E-state index contributed by atoms with van der Waals surface area (Å²) in [5.41, 5.74) is 1.58. The number of benzene rings is 2. The number of amides is 4. The highest BCUT2D eigenvalue weighted by molar-refractivity contribution is 6.39. The quantitative estimate of drug-likeness (QED) is 0.550. The molecule has 29 heavy (non-hydrogen) atoms. The normalized spacial score (nSPS) is 15.7. The van der Waals surface area contributed by atoms with Gasteiger partial charge in [-0.15, -0.1) is 0 Å². The van der Waals surface area contributed by atoms with Crippen molar-refractivity contribution in [3.05, 3.63) is 89.5 Å². The molecular weight excluding hydrogens is 373 g/mol. The third-order valence-electron chi connectivity index (χ3n) is 4.64. The summed E-state index contributed by atoms with van der Waals surface area (Å²) in [7, 11) is 0. The number of carbonyl (C=O) groups excluding carboxylic acids is 3. The SMILES string of the molecule is Cc1ccccc1N1C(=O)NC(=O)/C(=C\c2cccn2-c2ccccc2F)C1=O. The van der Waals surface area contributed by atoms with E-state index in [4.69, 9.17) is 0 Å². The molecule has 0 atom stereocenters. The van der Waals surface area contributed by atoms with Crippen molar-refractivity contribution in [3.63, 3.8) is 0 Å². The lowest BCUT2D eigenvalue weighted by Crippen LogP contribution is -2.54. The number of urea groups is 1. The van der Waals surface area contributed by atoms with E-state index in [0.717, 1.165) is 4.90 Å². The summed E-state index contributed by atoms with van der Waals surface area (Å²) in [6.45, 7) is 1.76. The lowest BCUT2D eigenvalue weighted by atomic mass is 10.1. The molecule has 4 amide bonds. The Bertz CT molecular complexity index is 1180. The third-order valence-corrected chi connectivity index (χ3v) is 4.64. The smallest absolute Gasteiger partial charge is 0.314 e.